The molecule has 0 radical (unpaired) electrons. The van der Waals surface area contributed by atoms with Crippen LogP contribution >= 0.6 is 0 Å². The molecule has 1 aromatic carbocycles. The maximum Gasteiger partial charge on any atom is 0.332 e. The summed E-state index contributed by atoms with van der Waals surface area (Å²) >= 11 is 0. The van der Waals surface area contributed by atoms with Crippen LogP contribution in [0.4, 0.5) is 5.82 Å². The third kappa shape index (κ3) is 2.72. The number of aromatic amines is 1. The second-order valence-corrected chi connectivity index (χ2v) is 8.07. The van der Waals surface area contributed by atoms with E-state index >= 15 is 0 Å². The Kier molecular flexibility index (Phi) is 4.61. The molecule has 0 spiro atoms. The van der Waals surface area contributed by atoms with Crippen LogP contribution in [-0.2, 0) is 28.2 Å². The number of nitrogen functional groups attached to an aromatic ring is 1. The molecule has 10 nitrogen and oxygen atoms in total. The fourth-order valence-corrected chi connectivity index (χ4v) is 3.98. The quantitative estimate of drug-likeness (QED) is 0.473. The average molecular weight is 436 g/mol. The van der Waals surface area contributed by atoms with Gasteiger partial charge in [-0.2, -0.15) is 0 Å². The molecule has 10 heteroatoms. The van der Waals surface area contributed by atoms with Crippen LogP contribution in [0.25, 0.3) is 33.4 Å². The number of hydrogen-bond donors (Lipinski definition) is 2. The number of H-pyrrole nitrogens is 1. The third-order valence-electron chi connectivity index (χ3n) is 6.16. The summed E-state index contributed by atoms with van der Waals surface area (Å²) in [5.74, 6) is -0.0695. The fraction of sp³-hybridized carbons (Fsp3) is 0.273. The molecule has 0 bridgehead atoms. The number of nitrogens with two attached hydrogens (primary N) is 1. The molecule has 4 rings (SSSR count). The van der Waals surface area contributed by atoms with E-state index in [1.54, 1.807) is 0 Å². The Bertz CT molecular complexity index is 1680. The van der Waals surface area contributed by atoms with E-state index in [0.29, 0.717) is 11.3 Å². The molecule has 0 saturated heterocycles. The van der Waals surface area contributed by atoms with Gasteiger partial charge in [0.05, 0.1) is 16.6 Å². The lowest BCUT2D eigenvalue weighted by atomic mass is 9.98. The molecular weight excluding hydrogens is 412 g/mol. The van der Waals surface area contributed by atoms with E-state index < -0.39 is 22.5 Å². The van der Waals surface area contributed by atoms with Crippen LogP contribution < -0.4 is 28.2 Å². The first-order valence-electron chi connectivity index (χ1n) is 9.92. The van der Waals surface area contributed by atoms with E-state index in [9.17, 15) is 19.2 Å². The van der Waals surface area contributed by atoms with Crippen molar-refractivity contribution in [2.45, 2.75) is 13.8 Å². The SMILES string of the molecule is Cc1ccc(-c2[nH]c3c(c2-c2c(N)n(C)c(=O)n(C)c2=O)c(=O)n(C)c(=O)n3C)cc1C. The molecule has 32 heavy (non-hydrogen) atoms. The van der Waals surface area contributed by atoms with Crippen molar-refractivity contribution in [3.63, 3.8) is 0 Å². The summed E-state index contributed by atoms with van der Waals surface area (Å²) in [7, 11) is 5.72. The number of fused-ring (bicyclic) bond motifs is 1. The molecule has 0 aliphatic heterocycles. The molecule has 0 atom stereocenters. The summed E-state index contributed by atoms with van der Waals surface area (Å²) in [6.07, 6.45) is 0. The van der Waals surface area contributed by atoms with Crippen LogP contribution in [0.5, 0.6) is 0 Å². The number of hydrogen-bond acceptors (Lipinski definition) is 5. The molecule has 0 unspecified atom stereocenters. The van der Waals surface area contributed by atoms with Gasteiger partial charge < -0.3 is 10.7 Å². The molecule has 0 fully saturated rings. The number of aryl methyl sites for hydroxylation is 3. The van der Waals surface area contributed by atoms with Gasteiger partial charge in [0.2, 0.25) is 0 Å². The average Bonchev–Trinajstić information content (AvgIpc) is 3.16. The van der Waals surface area contributed by atoms with E-state index in [4.69, 9.17) is 5.73 Å². The lowest BCUT2D eigenvalue weighted by molar-refractivity contribution is 0.696. The molecular formula is C22H24N6O4. The first kappa shape index (κ1) is 21.2. The van der Waals surface area contributed by atoms with Gasteiger partial charge in [0.25, 0.3) is 11.1 Å². The van der Waals surface area contributed by atoms with E-state index in [-0.39, 0.29) is 28.0 Å². The maximum atomic E-state index is 13.2. The van der Waals surface area contributed by atoms with E-state index in [2.05, 4.69) is 4.98 Å². The standard InChI is InChI=1S/C22H24N6O4/c1-10-7-8-12(9-11(10)2)16-13(14-17(23)25(3)21(31)27(5)19(14)29)15-18(24-16)26(4)22(32)28(6)20(15)30/h7-9,24H,23H2,1-6H3. The van der Waals surface area contributed by atoms with Crippen LogP contribution in [0.15, 0.2) is 37.4 Å². The van der Waals surface area contributed by atoms with Gasteiger partial charge in [-0.15, -0.1) is 0 Å². The molecule has 3 heterocycles. The topological polar surface area (TPSA) is 130 Å². The minimum atomic E-state index is -0.632. The van der Waals surface area contributed by atoms with Crippen molar-refractivity contribution >= 4 is 16.9 Å². The van der Waals surface area contributed by atoms with Crippen molar-refractivity contribution in [1.82, 2.24) is 23.3 Å². The lowest BCUT2D eigenvalue weighted by Crippen LogP contribution is -2.39. The highest BCUT2D eigenvalue weighted by molar-refractivity contribution is 6.04. The van der Waals surface area contributed by atoms with Gasteiger partial charge in [-0.05, 0) is 36.6 Å². The number of aromatic nitrogens is 5. The zero-order valence-corrected chi connectivity index (χ0v) is 18.7. The van der Waals surface area contributed by atoms with E-state index in [1.807, 2.05) is 32.0 Å². The summed E-state index contributed by atoms with van der Waals surface area (Å²) in [6.45, 7) is 3.93. The Hall–Kier alpha value is -4.08. The van der Waals surface area contributed by atoms with Crippen LogP contribution in [-0.4, -0.2) is 23.3 Å². The fourth-order valence-electron chi connectivity index (χ4n) is 3.98. The van der Waals surface area contributed by atoms with Gasteiger partial charge in [-0.3, -0.25) is 27.9 Å². The Morgan fingerprint density at radius 3 is 1.97 bits per heavy atom. The van der Waals surface area contributed by atoms with Crippen molar-refractivity contribution in [3.05, 3.63) is 71.0 Å². The maximum absolute atomic E-state index is 13.2. The Balaban J connectivity index is 2.34. The van der Waals surface area contributed by atoms with E-state index in [1.165, 1.54) is 32.8 Å². The normalized spacial score (nSPS) is 11.4. The molecule has 166 valence electrons. The zero-order chi connectivity index (χ0) is 23.6. The largest absolute Gasteiger partial charge is 0.384 e. The molecule has 0 aliphatic carbocycles. The van der Waals surface area contributed by atoms with Gasteiger partial charge in [0.1, 0.15) is 11.5 Å². The highest BCUT2D eigenvalue weighted by Crippen LogP contribution is 2.37. The number of nitrogens with zero attached hydrogens (tertiary/aromatic N) is 4. The molecule has 0 saturated carbocycles. The van der Waals surface area contributed by atoms with Gasteiger partial charge in [-0.25, -0.2) is 9.59 Å². The number of nitrogens with one attached hydrogen (secondary N) is 1. The van der Waals surface area contributed by atoms with Crippen molar-refractivity contribution < 1.29 is 0 Å². The summed E-state index contributed by atoms with van der Waals surface area (Å²) in [4.78, 5) is 54.6. The smallest absolute Gasteiger partial charge is 0.332 e. The summed E-state index contributed by atoms with van der Waals surface area (Å²) in [5, 5.41) is 0.144. The number of rotatable bonds is 2. The van der Waals surface area contributed by atoms with Crippen LogP contribution in [0.2, 0.25) is 0 Å². The van der Waals surface area contributed by atoms with Gasteiger partial charge in [0.15, 0.2) is 0 Å². The number of benzene rings is 1. The Morgan fingerprint density at radius 1 is 0.750 bits per heavy atom. The van der Waals surface area contributed by atoms with Crippen molar-refractivity contribution in [2.24, 2.45) is 28.2 Å². The second-order valence-electron chi connectivity index (χ2n) is 8.07. The highest BCUT2D eigenvalue weighted by Gasteiger charge is 2.27. The van der Waals surface area contributed by atoms with Crippen LogP contribution in [0.3, 0.4) is 0 Å². The van der Waals surface area contributed by atoms with Gasteiger partial charge in [0, 0.05) is 33.8 Å². The summed E-state index contributed by atoms with van der Waals surface area (Å²) in [6, 6.07) is 5.72. The number of anilines is 1. The Morgan fingerprint density at radius 2 is 1.34 bits per heavy atom. The predicted octanol–water partition coefficient (Wildman–Crippen LogP) is 0.496. The third-order valence-corrected chi connectivity index (χ3v) is 6.16. The van der Waals surface area contributed by atoms with Crippen LogP contribution in [0, 0.1) is 13.8 Å². The first-order valence-corrected chi connectivity index (χ1v) is 9.92. The molecule has 0 aliphatic rings. The minimum absolute atomic E-state index is 0.0184. The lowest BCUT2D eigenvalue weighted by Gasteiger charge is -2.13. The Labute approximate surface area is 181 Å². The zero-order valence-electron chi connectivity index (χ0n) is 18.7. The first-order chi connectivity index (χ1) is 15.0. The van der Waals surface area contributed by atoms with Crippen molar-refractivity contribution in [2.75, 3.05) is 5.73 Å². The van der Waals surface area contributed by atoms with Crippen molar-refractivity contribution in [1.29, 1.82) is 0 Å². The van der Waals surface area contributed by atoms with Gasteiger partial charge >= 0.3 is 11.4 Å². The minimum Gasteiger partial charge on any atom is -0.384 e. The predicted molar refractivity (Wildman–Crippen MR) is 124 cm³/mol. The summed E-state index contributed by atoms with van der Waals surface area (Å²) < 4.78 is 4.40. The van der Waals surface area contributed by atoms with Gasteiger partial charge in [-0.1, -0.05) is 12.1 Å². The van der Waals surface area contributed by atoms with Crippen molar-refractivity contribution in [3.8, 4) is 22.4 Å². The van der Waals surface area contributed by atoms with Crippen LogP contribution in [0.1, 0.15) is 11.1 Å². The molecule has 4 aromatic rings. The van der Waals surface area contributed by atoms with E-state index in [0.717, 1.165) is 24.8 Å². The highest BCUT2D eigenvalue weighted by atomic mass is 16.2. The molecule has 3 aromatic heterocycles. The molecule has 3 N–H and O–H groups in total. The second kappa shape index (κ2) is 6.98. The molecule has 0 amide bonds. The summed E-state index contributed by atoms with van der Waals surface area (Å²) in [5.41, 5.74) is 7.76. The monoisotopic (exact) mass is 436 g/mol.